The second-order valence-corrected chi connectivity index (χ2v) is 4.93. The summed E-state index contributed by atoms with van der Waals surface area (Å²) in [6.45, 7) is 2.79. The first kappa shape index (κ1) is 13.8. The van der Waals surface area contributed by atoms with Crippen LogP contribution in [0.15, 0.2) is 18.2 Å². The lowest BCUT2D eigenvalue weighted by Crippen LogP contribution is -2.12. The Morgan fingerprint density at radius 1 is 1.53 bits per heavy atom. The topological polar surface area (TPSA) is 55.1 Å². The molecule has 0 aliphatic heterocycles. The summed E-state index contributed by atoms with van der Waals surface area (Å²) in [5.74, 6) is 1.22. The van der Waals surface area contributed by atoms with Crippen LogP contribution in [0.2, 0.25) is 0 Å². The number of thioether (sulfide) groups is 1. The maximum Gasteiger partial charge on any atom is 0.248 e. The average molecular weight is 256 g/mol. The molecule has 3 N–H and O–H groups in total. The first-order valence-corrected chi connectivity index (χ1v) is 6.71. The van der Waals surface area contributed by atoms with Crippen LogP contribution in [0.4, 0.5) is 10.1 Å². The zero-order valence-electron chi connectivity index (χ0n) is 9.83. The lowest BCUT2D eigenvalue weighted by molar-refractivity contribution is 0.100. The molecular weight excluding hydrogens is 239 g/mol. The summed E-state index contributed by atoms with van der Waals surface area (Å²) < 4.78 is 13.4. The lowest BCUT2D eigenvalue weighted by atomic mass is 10.2. The molecule has 5 heteroatoms. The zero-order chi connectivity index (χ0) is 12.7. The summed E-state index contributed by atoms with van der Waals surface area (Å²) >= 11 is 1.85. The van der Waals surface area contributed by atoms with Crippen LogP contribution in [0.3, 0.4) is 0 Å². The van der Waals surface area contributed by atoms with Crippen LogP contribution in [-0.2, 0) is 0 Å². The van der Waals surface area contributed by atoms with E-state index < -0.39 is 5.91 Å². The number of carbonyl (C=O) groups excluding carboxylic acids is 1. The highest BCUT2D eigenvalue weighted by molar-refractivity contribution is 7.99. The van der Waals surface area contributed by atoms with Crippen molar-refractivity contribution in [2.24, 2.45) is 5.73 Å². The number of nitrogens with one attached hydrogen (secondary N) is 1. The van der Waals surface area contributed by atoms with Gasteiger partial charge in [-0.25, -0.2) is 4.39 Å². The van der Waals surface area contributed by atoms with Crippen molar-refractivity contribution in [1.82, 2.24) is 0 Å². The molecule has 0 spiro atoms. The molecule has 0 atom stereocenters. The van der Waals surface area contributed by atoms with Crippen molar-refractivity contribution in [3.63, 3.8) is 0 Å². The van der Waals surface area contributed by atoms with E-state index >= 15 is 0 Å². The molecule has 0 aromatic heterocycles. The fraction of sp³-hybridized carbons (Fsp3) is 0.417. The quantitative estimate of drug-likeness (QED) is 0.737. The highest BCUT2D eigenvalue weighted by Gasteiger charge is 2.06. The number of primary amides is 1. The molecule has 0 aliphatic carbocycles. The summed E-state index contributed by atoms with van der Waals surface area (Å²) in [4.78, 5) is 10.9. The van der Waals surface area contributed by atoms with Crippen LogP contribution in [0.5, 0.6) is 0 Å². The van der Waals surface area contributed by atoms with Crippen LogP contribution in [-0.4, -0.2) is 24.0 Å². The van der Waals surface area contributed by atoms with Crippen molar-refractivity contribution in [3.05, 3.63) is 29.6 Å². The van der Waals surface area contributed by atoms with Gasteiger partial charge in [-0.3, -0.25) is 4.79 Å². The van der Waals surface area contributed by atoms with Gasteiger partial charge in [-0.15, -0.1) is 0 Å². The second kappa shape index (κ2) is 7.17. The molecule has 0 aliphatic rings. The average Bonchev–Trinajstić information content (AvgIpc) is 2.30. The smallest absolute Gasteiger partial charge is 0.248 e. The van der Waals surface area contributed by atoms with Gasteiger partial charge in [-0.1, -0.05) is 6.92 Å². The molecule has 94 valence electrons. The normalized spacial score (nSPS) is 10.2. The molecule has 0 radical (unpaired) electrons. The fourth-order valence-corrected chi connectivity index (χ4v) is 1.99. The van der Waals surface area contributed by atoms with E-state index in [-0.39, 0.29) is 5.82 Å². The molecule has 17 heavy (non-hydrogen) atoms. The summed E-state index contributed by atoms with van der Waals surface area (Å²) in [6, 6.07) is 4.09. The molecule has 0 saturated heterocycles. The Kier molecular flexibility index (Phi) is 5.83. The first-order valence-electron chi connectivity index (χ1n) is 5.56. The van der Waals surface area contributed by atoms with E-state index in [2.05, 4.69) is 12.2 Å². The van der Waals surface area contributed by atoms with Crippen LogP contribution in [0, 0.1) is 5.82 Å². The molecule has 0 heterocycles. The monoisotopic (exact) mass is 256 g/mol. The summed E-state index contributed by atoms with van der Waals surface area (Å²) in [7, 11) is 0. The van der Waals surface area contributed by atoms with Crippen LogP contribution < -0.4 is 11.1 Å². The van der Waals surface area contributed by atoms with Crippen molar-refractivity contribution >= 4 is 23.4 Å². The molecule has 1 aromatic rings. The molecule has 1 aromatic carbocycles. The highest BCUT2D eigenvalue weighted by Crippen LogP contribution is 2.16. The maximum atomic E-state index is 13.4. The maximum absolute atomic E-state index is 13.4. The Labute approximate surface area is 105 Å². The first-order chi connectivity index (χ1) is 8.15. The second-order valence-electron chi connectivity index (χ2n) is 3.54. The van der Waals surface area contributed by atoms with E-state index in [1.807, 2.05) is 11.8 Å². The van der Waals surface area contributed by atoms with Crippen molar-refractivity contribution in [2.75, 3.05) is 23.4 Å². The Hall–Kier alpha value is -1.23. The number of nitrogens with two attached hydrogens (primary N) is 1. The van der Waals surface area contributed by atoms with E-state index in [1.165, 1.54) is 18.2 Å². The van der Waals surface area contributed by atoms with Gasteiger partial charge in [0, 0.05) is 12.1 Å². The molecule has 1 amide bonds. The number of carbonyl (C=O) groups is 1. The molecule has 3 nitrogen and oxygen atoms in total. The third kappa shape index (κ3) is 4.65. The third-order valence-electron chi connectivity index (χ3n) is 2.24. The zero-order valence-corrected chi connectivity index (χ0v) is 10.6. The van der Waals surface area contributed by atoms with Gasteiger partial charge in [0.15, 0.2) is 0 Å². The summed E-state index contributed by atoms with van der Waals surface area (Å²) in [5.41, 5.74) is 5.79. The number of amides is 1. The van der Waals surface area contributed by atoms with E-state index in [9.17, 15) is 9.18 Å². The minimum atomic E-state index is -0.547. The molecule has 1 rings (SSSR count). The van der Waals surface area contributed by atoms with Gasteiger partial charge in [0.2, 0.25) is 5.91 Å². The van der Waals surface area contributed by atoms with Crippen molar-refractivity contribution in [3.8, 4) is 0 Å². The van der Waals surface area contributed by atoms with Crippen LogP contribution in [0.25, 0.3) is 0 Å². The number of rotatable bonds is 7. The predicted octanol–water partition coefficient (Wildman–Crippen LogP) is 2.48. The van der Waals surface area contributed by atoms with Crippen LogP contribution in [0.1, 0.15) is 23.7 Å². The van der Waals surface area contributed by atoms with Gasteiger partial charge in [-0.2, -0.15) is 11.8 Å². The molecule has 0 bridgehead atoms. The van der Waals surface area contributed by atoms with Gasteiger partial charge in [0.25, 0.3) is 0 Å². The number of hydrogen-bond acceptors (Lipinski definition) is 3. The van der Waals surface area contributed by atoms with E-state index in [0.29, 0.717) is 17.8 Å². The van der Waals surface area contributed by atoms with Gasteiger partial charge in [0.05, 0.1) is 5.69 Å². The van der Waals surface area contributed by atoms with Gasteiger partial charge in [0.1, 0.15) is 5.82 Å². The predicted molar refractivity (Wildman–Crippen MR) is 71.0 cm³/mol. The third-order valence-corrected chi connectivity index (χ3v) is 3.22. The minimum absolute atomic E-state index is 0.317. The number of anilines is 1. The standard InChI is InChI=1S/C12H17FN2OS/c1-2-17-7-3-6-15-11-8-9(12(14)16)4-5-10(11)13/h4-5,8,15H,2-3,6-7H2,1H3,(H2,14,16). The summed E-state index contributed by atoms with van der Waals surface area (Å²) in [6.07, 6.45) is 0.957. The van der Waals surface area contributed by atoms with E-state index in [0.717, 1.165) is 17.9 Å². The molecule has 0 unspecified atom stereocenters. The van der Waals surface area contributed by atoms with Gasteiger partial charge in [-0.05, 0) is 36.1 Å². The Morgan fingerprint density at radius 2 is 2.29 bits per heavy atom. The SMILES string of the molecule is CCSCCCNc1cc(C(N)=O)ccc1F. The fourth-order valence-electron chi connectivity index (χ4n) is 1.36. The minimum Gasteiger partial charge on any atom is -0.383 e. The van der Waals surface area contributed by atoms with Crippen molar-refractivity contribution in [1.29, 1.82) is 0 Å². The lowest BCUT2D eigenvalue weighted by Gasteiger charge is -2.08. The number of benzene rings is 1. The number of hydrogen-bond donors (Lipinski definition) is 2. The Balaban J connectivity index is 2.51. The Morgan fingerprint density at radius 3 is 2.94 bits per heavy atom. The van der Waals surface area contributed by atoms with Crippen molar-refractivity contribution in [2.45, 2.75) is 13.3 Å². The largest absolute Gasteiger partial charge is 0.383 e. The Bertz CT molecular complexity index is 385. The molecular formula is C12H17FN2OS. The van der Waals surface area contributed by atoms with E-state index in [4.69, 9.17) is 5.73 Å². The molecule has 0 fully saturated rings. The molecule has 0 saturated carbocycles. The summed E-state index contributed by atoms with van der Waals surface area (Å²) in [5, 5.41) is 2.97. The van der Waals surface area contributed by atoms with Gasteiger partial charge >= 0.3 is 0 Å². The van der Waals surface area contributed by atoms with E-state index in [1.54, 1.807) is 0 Å². The highest BCUT2D eigenvalue weighted by atomic mass is 32.2. The number of halogens is 1. The van der Waals surface area contributed by atoms with Gasteiger partial charge < -0.3 is 11.1 Å². The van der Waals surface area contributed by atoms with Crippen LogP contribution >= 0.6 is 11.8 Å². The van der Waals surface area contributed by atoms with Crippen molar-refractivity contribution < 1.29 is 9.18 Å².